The van der Waals surface area contributed by atoms with Gasteiger partial charge in [-0.15, -0.1) is 0 Å². The summed E-state index contributed by atoms with van der Waals surface area (Å²) in [5.41, 5.74) is 5.28. The Kier molecular flexibility index (Phi) is 3.83. The molecule has 2 heteroatoms. The summed E-state index contributed by atoms with van der Waals surface area (Å²) in [6, 6.07) is 13.2. The minimum atomic E-state index is 0.188. The highest BCUT2D eigenvalue weighted by molar-refractivity contribution is 5.40. The molecule has 1 saturated carbocycles. The van der Waals surface area contributed by atoms with Crippen LogP contribution < -0.4 is 5.32 Å². The van der Waals surface area contributed by atoms with Gasteiger partial charge in [0.1, 0.15) is 0 Å². The fourth-order valence-electron chi connectivity index (χ4n) is 3.10. The van der Waals surface area contributed by atoms with Gasteiger partial charge < -0.3 is 5.32 Å². The first kappa shape index (κ1) is 13.3. The minimum absolute atomic E-state index is 0.188. The standard InChI is InChI=1S/C18H22N2/c1-13-7-6-12-20-17(13)18(19-2)16-11-4-3-10-15(16)14-8-5-9-14/h3-4,6-7,10-12,14,18-19H,5,8-9H2,1-2H3. The molecule has 0 bridgehead atoms. The predicted octanol–water partition coefficient (Wildman–Crippen LogP) is 3.97. The summed E-state index contributed by atoms with van der Waals surface area (Å²) in [4.78, 5) is 4.61. The molecule has 2 nitrogen and oxygen atoms in total. The van der Waals surface area contributed by atoms with Crippen LogP contribution >= 0.6 is 0 Å². The van der Waals surface area contributed by atoms with E-state index in [1.165, 1.54) is 36.0 Å². The Morgan fingerprint density at radius 3 is 2.60 bits per heavy atom. The van der Waals surface area contributed by atoms with E-state index in [0.29, 0.717) is 0 Å². The fourth-order valence-corrected chi connectivity index (χ4v) is 3.10. The molecule has 1 atom stereocenters. The molecule has 0 saturated heterocycles. The number of nitrogens with one attached hydrogen (secondary N) is 1. The SMILES string of the molecule is CNC(c1ccccc1C1CCC1)c1ncccc1C. The Labute approximate surface area is 121 Å². The summed E-state index contributed by atoms with van der Waals surface area (Å²) in [5, 5.41) is 3.46. The third-order valence-corrected chi connectivity index (χ3v) is 4.46. The lowest BCUT2D eigenvalue weighted by Crippen LogP contribution is -2.23. The van der Waals surface area contributed by atoms with Gasteiger partial charge in [-0.3, -0.25) is 4.98 Å². The van der Waals surface area contributed by atoms with Gasteiger partial charge in [0.2, 0.25) is 0 Å². The Bertz CT molecular complexity index is 587. The fraction of sp³-hybridized carbons (Fsp3) is 0.389. The van der Waals surface area contributed by atoms with Crippen molar-refractivity contribution in [3.05, 3.63) is 65.0 Å². The van der Waals surface area contributed by atoms with Crippen molar-refractivity contribution in [3.63, 3.8) is 0 Å². The molecule has 1 N–H and O–H groups in total. The molecule has 2 aromatic rings. The number of hydrogen-bond donors (Lipinski definition) is 1. The molecule has 0 amide bonds. The molecule has 1 fully saturated rings. The average Bonchev–Trinajstić information content (AvgIpc) is 2.41. The molecular formula is C18H22N2. The smallest absolute Gasteiger partial charge is 0.0754 e. The van der Waals surface area contributed by atoms with Crippen LogP contribution in [0.15, 0.2) is 42.6 Å². The quantitative estimate of drug-likeness (QED) is 0.906. The van der Waals surface area contributed by atoms with Gasteiger partial charge in [-0.1, -0.05) is 36.8 Å². The number of hydrogen-bond acceptors (Lipinski definition) is 2. The van der Waals surface area contributed by atoms with Crippen LogP contribution in [0.25, 0.3) is 0 Å². The Morgan fingerprint density at radius 2 is 1.95 bits per heavy atom. The lowest BCUT2D eigenvalue weighted by atomic mass is 9.76. The number of benzene rings is 1. The van der Waals surface area contributed by atoms with Crippen molar-refractivity contribution in [1.29, 1.82) is 0 Å². The first-order valence-electron chi connectivity index (χ1n) is 7.49. The predicted molar refractivity (Wildman–Crippen MR) is 82.9 cm³/mol. The number of nitrogens with zero attached hydrogens (tertiary/aromatic N) is 1. The molecule has 1 aromatic carbocycles. The topological polar surface area (TPSA) is 24.9 Å². The minimum Gasteiger partial charge on any atom is -0.308 e. The number of aryl methyl sites for hydroxylation is 1. The normalized spacial score (nSPS) is 16.7. The number of pyridine rings is 1. The van der Waals surface area contributed by atoms with Crippen molar-refractivity contribution in [3.8, 4) is 0 Å². The van der Waals surface area contributed by atoms with Crippen LogP contribution in [0.4, 0.5) is 0 Å². The molecular weight excluding hydrogens is 244 g/mol. The molecule has 0 spiro atoms. The molecule has 3 rings (SSSR count). The Balaban J connectivity index is 2.03. The van der Waals surface area contributed by atoms with Crippen LogP contribution in [0.2, 0.25) is 0 Å². The van der Waals surface area contributed by atoms with Crippen molar-refractivity contribution >= 4 is 0 Å². The molecule has 104 valence electrons. The maximum atomic E-state index is 4.61. The lowest BCUT2D eigenvalue weighted by molar-refractivity contribution is 0.414. The number of rotatable bonds is 4. The highest BCUT2D eigenvalue weighted by Crippen LogP contribution is 2.40. The van der Waals surface area contributed by atoms with E-state index in [4.69, 9.17) is 0 Å². The highest BCUT2D eigenvalue weighted by Gasteiger charge is 2.26. The second kappa shape index (κ2) is 5.76. The second-order valence-electron chi connectivity index (χ2n) is 5.68. The van der Waals surface area contributed by atoms with E-state index in [2.05, 4.69) is 47.6 Å². The Morgan fingerprint density at radius 1 is 1.15 bits per heavy atom. The van der Waals surface area contributed by atoms with Crippen LogP contribution in [0, 0.1) is 6.92 Å². The van der Waals surface area contributed by atoms with E-state index in [-0.39, 0.29) is 6.04 Å². The van der Waals surface area contributed by atoms with Gasteiger partial charge in [-0.2, -0.15) is 0 Å². The zero-order valence-electron chi connectivity index (χ0n) is 12.3. The summed E-state index contributed by atoms with van der Waals surface area (Å²) < 4.78 is 0. The average molecular weight is 266 g/mol. The summed E-state index contributed by atoms with van der Waals surface area (Å²) in [5.74, 6) is 0.742. The van der Waals surface area contributed by atoms with Crippen molar-refractivity contribution in [2.75, 3.05) is 7.05 Å². The molecule has 1 aliphatic carbocycles. The molecule has 1 aromatic heterocycles. The van der Waals surface area contributed by atoms with E-state index >= 15 is 0 Å². The number of aromatic nitrogens is 1. The van der Waals surface area contributed by atoms with E-state index in [9.17, 15) is 0 Å². The summed E-state index contributed by atoms with van der Waals surface area (Å²) in [6.07, 6.45) is 5.91. The lowest BCUT2D eigenvalue weighted by Gasteiger charge is -2.30. The third-order valence-electron chi connectivity index (χ3n) is 4.46. The van der Waals surface area contributed by atoms with E-state index in [1.807, 2.05) is 19.3 Å². The highest BCUT2D eigenvalue weighted by atomic mass is 14.9. The second-order valence-corrected chi connectivity index (χ2v) is 5.68. The van der Waals surface area contributed by atoms with E-state index in [1.54, 1.807) is 0 Å². The molecule has 0 radical (unpaired) electrons. The van der Waals surface area contributed by atoms with Gasteiger partial charge in [-0.25, -0.2) is 0 Å². The van der Waals surface area contributed by atoms with Crippen LogP contribution in [-0.2, 0) is 0 Å². The first-order valence-corrected chi connectivity index (χ1v) is 7.49. The van der Waals surface area contributed by atoms with Crippen molar-refractivity contribution < 1.29 is 0 Å². The monoisotopic (exact) mass is 266 g/mol. The summed E-state index contributed by atoms with van der Waals surface area (Å²) >= 11 is 0. The van der Waals surface area contributed by atoms with Crippen molar-refractivity contribution in [1.82, 2.24) is 10.3 Å². The van der Waals surface area contributed by atoms with Crippen LogP contribution in [0.1, 0.15) is 53.6 Å². The van der Waals surface area contributed by atoms with Gasteiger partial charge >= 0.3 is 0 Å². The molecule has 1 aliphatic rings. The van der Waals surface area contributed by atoms with E-state index in [0.717, 1.165) is 11.6 Å². The van der Waals surface area contributed by atoms with Crippen LogP contribution in [0.3, 0.4) is 0 Å². The van der Waals surface area contributed by atoms with E-state index < -0.39 is 0 Å². The molecule has 1 unspecified atom stereocenters. The van der Waals surface area contributed by atoms with Gasteiger partial charge in [0.25, 0.3) is 0 Å². The maximum Gasteiger partial charge on any atom is 0.0754 e. The van der Waals surface area contributed by atoms with Gasteiger partial charge in [-0.05, 0) is 55.5 Å². The zero-order chi connectivity index (χ0) is 13.9. The Hall–Kier alpha value is -1.67. The van der Waals surface area contributed by atoms with Gasteiger partial charge in [0, 0.05) is 6.20 Å². The first-order chi connectivity index (χ1) is 9.81. The third kappa shape index (κ3) is 2.36. The van der Waals surface area contributed by atoms with Crippen molar-refractivity contribution in [2.24, 2.45) is 0 Å². The van der Waals surface area contributed by atoms with Crippen LogP contribution in [0.5, 0.6) is 0 Å². The summed E-state index contributed by atoms with van der Waals surface area (Å²) in [6.45, 7) is 2.14. The molecule has 0 aliphatic heterocycles. The maximum absolute atomic E-state index is 4.61. The largest absolute Gasteiger partial charge is 0.308 e. The van der Waals surface area contributed by atoms with Gasteiger partial charge in [0.15, 0.2) is 0 Å². The van der Waals surface area contributed by atoms with Crippen molar-refractivity contribution in [2.45, 2.75) is 38.1 Å². The molecule has 20 heavy (non-hydrogen) atoms. The van der Waals surface area contributed by atoms with Crippen LogP contribution in [-0.4, -0.2) is 12.0 Å². The summed E-state index contributed by atoms with van der Waals surface area (Å²) in [7, 11) is 2.02. The zero-order valence-corrected chi connectivity index (χ0v) is 12.3. The molecule has 1 heterocycles. The van der Waals surface area contributed by atoms with Gasteiger partial charge in [0.05, 0.1) is 11.7 Å².